The van der Waals surface area contributed by atoms with E-state index in [0.717, 1.165) is 17.2 Å². The van der Waals surface area contributed by atoms with Gasteiger partial charge in [0.2, 0.25) is 10.0 Å². The number of sulfonamides is 1. The molecule has 1 aromatic rings. The van der Waals surface area contributed by atoms with E-state index in [-0.39, 0.29) is 5.75 Å². The van der Waals surface area contributed by atoms with Gasteiger partial charge in [0.25, 0.3) is 0 Å². The third-order valence-electron chi connectivity index (χ3n) is 3.92. The number of aromatic nitrogens is 1. The summed E-state index contributed by atoms with van der Waals surface area (Å²) in [4.78, 5) is 4.44. The van der Waals surface area contributed by atoms with Crippen LogP contribution in [0.1, 0.15) is 38.1 Å². The lowest BCUT2D eigenvalue weighted by Crippen LogP contribution is -2.44. The molecule has 0 spiro atoms. The Balaban J connectivity index is 1.86. The fraction of sp³-hybridized carbons (Fsp3) is 0.750. The second kappa shape index (κ2) is 10.2. The molecule has 1 saturated heterocycles. The molecule has 8 nitrogen and oxygen atoms in total. The lowest BCUT2D eigenvalue weighted by Gasteiger charge is -2.25. The van der Waals surface area contributed by atoms with Gasteiger partial charge < -0.3 is 15.2 Å². The van der Waals surface area contributed by atoms with Gasteiger partial charge in [-0.1, -0.05) is 19.0 Å². The van der Waals surface area contributed by atoms with Crippen LogP contribution in [-0.4, -0.2) is 67.3 Å². The quantitative estimate of drug-likeness (QED) is 0.497. The molecule has 26 heavy (non-hydrogen) atoms. The molecule has 2 N–H and O–H groups in total. The van der Waals surface area contributed by atoms with Crippen LogP contribution < -0.4 is 10.6 Å². The first-order valence-corrected chi connectivity index (χ1v) is 11.7. The normalized spacial score (nSPS) is 16.8. The van der Waals surface area contributed by atoms with E-state index in [0.29, 0.717) is 50.4 Å². The minimum Gasteiger partial charge on any atom is -0.359 e. The summed E-state index contributed by atoms with van der Waals surface area (Å²) >= 11 is 1.79. The Bertz CT molecular complexity index is 682. The molecule has 0 saturated carbocycles. The first-order chi connectivity index (χ1) is 12.4. The third kappa shape index (κ3) is 6.48. The van der Waals surface area contributed by atoms with Crippen LogP contribution in [0, 0.1) is 0 Å². The average Bonchev–Trinajstić information content (AvgIpc) is 3.10. The number of hydrogen-bond donors (Lipinski definition) is 2. The van der Waals surface area contributed by atoms with Crippen molar-refractivity contribution in [3.05, 3.63) is 17.5 Å². The van der Waals surface area contributed by atoms with Crippen LogP contribution in [-0.2, 0) is 16.6 Å². The summed E-state index contributed by atoms with van der Waals surface area (Å²) < 4.78 is 31.6. The number of nitrogens with one attached hydrogen (secondary N) is 2. The van der Waals surface area contributed by atoms with E-state index in [9.17, 15) is 8.42 Å². The predicted octanol–water partition coefficient (Wildman–Crippen LogP) is 1.23. The van der Waals surface area contributed by atoms with Crippen molar-refractivity contribution >= 4 is 27.7 Å². The molecule has 0 radical (unpaired) electrons. The Hall–Kier alpha value is -1.26. The second-order valence-corrected chi connectivity index (χ2v) is 9.64. The van der Waals surface area contributed by atoms with E-state index < -0.39 is 10.0 Å². The Labute approximate surface area is 160 Å². The minimum absolute atomic E-state index is 0.0574. The Kier molecular flexibility index (Phi) is 8.23. The molecule has 148 valence electrons. The molecular weight excluding hydrogens is 374 g/mol. The molecule has 0 aromatic carbocycles. The molecule has 0 bridgehead atoms. The van der Waals surface area contributed by atoms with Crippen molar-refractivity contribution in [2.45, 2.75) is 33.2 Å². The van der Waals surface area contributed by atoms with Crippen molar-refractivity contribution in [2.24, 2.45) is 4.99 Å². The Morgan fingerprint density at radius 1 is 1.38 bits per heavy atom. The van der Waals surface area contributed by atoms with Crippen molar-refractivity contribution in [3.8, 4) is 0 Å². The van der Waals surface area contributed by atoms with E-state index in [4.69, 9.17) is 4.52 Å². The molecule has 0 aliphatic carbocycles. The predicted molar refractivity (Wildman–Crippen MR) is 106 cm³/mol. The second-order valence-electron chi connectivity index (χ2n) is 6.32. The third-order valence-corrected chi connectivity index (χ3v) is 6.74. The smallest absolute Gasteiger partial charge is 0.215 e. The first-order valence-electron chi connectivity index (χ1n) is 8.95. The number of rotatable bonds is 8. The largest absolute Gasteiger partial charge is 0.359 e. The van der Waals surface area contributed by atoms with E-state index in [2.05, 4.69) is 34.6 Å². The fourth-order valence-corrected chi connectivity index (χ4v) is 4.92. The summed E-state index contributed by atoms with van der Waals surface area (Å²) in [6, 6.07) is 1.90. The van der Waals surface area contributed by atoms with Crippen molar-refractivity contribution in [3.63, 3.8) is 0 Å². The summed E-state index contributed by atoms with van der Waals surface area (Å²) in [5, 5.41) is 10.2. The van der Waals surface area contributed by atoms with E-state index >= 15 is 0 Å². The van der Waals surface area contributed by atoms with Gasteiger partial charge in [-0.25, -0.2) is 17.7 Å². The molecule has 2 heterocycles. The van der Waals surface area contributed by atoms with Crippen LogP contribution >= 0.6 is 11.8 Å². The summed E-state index contributed by atoms with van der Waals surface area (Å²) in [5.74, 6) is 3.35. The van der Waals surface area contributed by atoms with Crippen molar-refractivity contribution in [2.75, 3.05) is 43.4 Å². The van der Waals surface area contributed by atoms with Gasteiger partial charge >= 0.3 is 0 Å². The molecular formula is C16H29N5O3S2. The lowest BCUT2D eigenvalue weighted by molar-refractivity contribution is 0.376. The highest BCUT2D eigenvalue weighted by Gasteiger charge is 2.23. The Morgan fingerprint density at radius 2 is 2.12 bits per heavy atom. The highest BCUT2D eigenvalue weighted by Crippen LogP contribution is 2.14. The van der Waals surface area contributed by atoms with Gasteiger partial charge in [-0.2, -0.15) is 11.8 Å². The van der Waals surface area contributed by atoms with Crippen molar-refractivity contribution < 1.29 is 12.9 Å². The topological polar surface area (TPSA) is 99.8 Å². The van der Waals surface area contributed by atoms with Gasteiger partial charge in [0.05, 0.1) is 11.4 Å². The van der Waals surface area contributed by atoms with E-state index in [1.807, 2.05) is 13.0 Å². The maximum atomic E-state index is 12.4. The maximum Gasteiger partial charge on any atom is 0.215 e. The molecule has 10 heteroatoms. The molecule has 0 atom stereocenters. The zero-order valence-electron chi connectivity index (χ0n) is 15.7. The van der Waals surface area contributed by atoms with E-state index in [1.165, 1.54) is 0 Å². The zero-order valence-corrected chi connectivity index (χ0v) is 17.3. The van der Waals surface area contributed by atoms with Crippen molar-refractivity contribution in [1.29, 1.82) is 0 Å². The molecule has 1 fully saturated rings. The van der Waals surface area contributed by atoms with Crippen molar-refractivity contribution in [1.82, 2.24) is 20.1 Å². The van der Waals surface area contributed by atoms with Crippen LogP contribution in [0.15, 0.2) is 15.6 Å². The summed E-state index contributed by atoms with van der Waals surface area (Å²) in [5.41, 5.74) is 0.902. The molecule has 0 amide bonds. The SMILES string of the molecule is CCNC(=NCc1cc(C(C)C)no1)NCCS(=O)(=O)N1CCSCC1. The summed E-state index contributed by atoms with van der Waals surface area (Å²) in [6.45, 7) is 8.63. The van der Waals surface area contributed by atoms with Gasteiger partial charge in [-0.05, 0) is 12.8 Å². The van der Waals surface area contributed by atoms with Crippen LogP contribution in [0.5, 0.6) is 0 Å². The lowest BCUT2D eigenvalue weighted by atomic mass is 10.1. The monoisotopic (exact) mass is 403 g/mol. The summed E-state index contributed by atoms with van der Waals surface area (Å²) in [6.07, 6.45) is 0. The first kappa shape index (κ1) is 21.0. The number of thioether (sulfide) groups is 1. The fourth-order valence-electron chi connectivity index (χ4n) is 2.43. The van der Waals surface area contributed by atoms with Gasteiger partial charge in [-0.15, -0.1) is 0 Å². The minimum atomic E-state index is -3.22. The number of hydrogen-bond acceptors (Lipinski definition) is 6. The number of guanidine groups is 1. The molecule has 1 aliphatic rings. The molecule has 0 unspecified atom stereocenters. The Morgan fingerprint density at radius 3 is 2.73 bits per heavy atom. The van der Waals surface area contributed by atoms with Crippen LogP contribution in [0.4, 0.5) is 0 Å². The van der Waals surface area contributed by atoms with Crippen LogP contribution in [0.3, 0.4) is 0 Å². The molecule has 1 aromatic heterocycles. The zero-order chi connectivity index (χ0) is 19.0. The summed E-state index contributed by atoms with van der Waals surface area (Å²) in [7, 11) is -3.22. The van der Waals surface area contributed by atoms with Gasteiger partial charge in [0.1, 0.15) is 6.54 Å². The molecule has 1 aliphatic heterocycles. The van der Waals surface area contributed by atoms with Gasteiger partial charge in [0, 0.05) is 43.8 Å². The van der Waals surface area contributed by atoms with Gasteiger partial charge in [0.15, 0.2) is 11.7 Å². The van der Waals surface area contributed by atoms with Gasteiger partial charge in [-0.3, -0.25) is 0 Å². The van der Waals surface area contributed by atoms with Crippen LogP contribution in [0.2, 0.25) is 0 Å². The van der Waals surface area contributed by atoms with Crippen LogP contribution in [0.25, 0.3) is 0 Å². The highest BCUT2D eigenvalue weighted by atomic mass is 32.2. The average molecular weight is 404 g/mol. The maximum absolute atomic E-state index is 12.4. The number of nitrogens with zero attached hydrogens (tertiary/aromatic N) is 3. The highest BCUT2D eigenvalue weighted by molar-refractivity contribution is 7.99. The molecule has 2 rings (SSSR count). The number of aliphatic imine (C=N–C) groups is 1. The van der Waals surface area contributed by atoms with E-state index in [1.54, 1.807) is 16.1 Å². The standard InChI is InChI=1S/C16H29N5O3S2/c1-4-17-16(19-12-14-11-15(13(2)3)20-24-14)18-5-10-26(22,23)21-6-8-25-9-7-21/h11,13H,4-10,12H2,1-3H3,(H2,17,18,19).